The number of amides is 1. The second kappa shape index (κ2) is 6.41. The second-order valence-electron chi connectivity index (χ2n) is 6.29. The van der Waals surface area contributed by atoms with E-state index in [-0.39, 0.29) is 5.91 Å². The van der Waals surface area contributed by atoms with Crippen LogP contribution in [0.4, 0.5) is 0 Å². The summed E-state index contributed by atoms with van der Waals surface area (Å²) in [6, 6.07) is 2.18. The highest BCUT2D eigenvalue weighted by Gasteiger charge is 2.24. The van der Waals surface area contributed by atoms with Crippen molar-refractivity contribution in [3.8, 4) is 0 Å². The van der Waals surface area contributed by atoms with Crippen LogP contribution in [-0.2, 0) is 13.6 Å². The van der Waals surface area contributed by atoms with Crippen molar-refractivity contribution in [3.63, 3.8) is 0 Å². The van der Waals surface area contributed by atoms with Gasteiger partial charge in [0.05, 0.1) is 6.20 Å². The highest BCUT2D eigenvalue weighted by atomic mass is 32.1. The molecule has 6 nitrogen and oxygen atoms in total. The summed E-state index contributed by atoms with van der Waals surface area (Å²) < 4.78 is 3.70. The normalized spacial score (nSPS) is 16.6. The van der Waals surface area contributed by atoms with Crippen LogP contribution in [0.1, 0.15) is 22.3 Å². The van der Waals surface area contributed by atoms with Gasteiger partial charge in [0.1, 0.15) is 11.2 Å². The molecule has 0 spiro atoms. The van der Waals surface area contributed by atoms with Gasteiger partial charge in [0.2, 0.25) is 0 Å². The molecule has 4 rings (SSSR count). The second-order valence-corrected chi connectivity index (χ2v) is 7.07. The summed E-state index contributed by atoms with van der Waals surface area (Å²) >= 11 is 1.74. The lowest BCUT2D eigenvalue weighted by Crippen LogP contribution is -2.35. The fourth-order valence-electron chi connectivity index (χ4n) is 3.34. The molecule has 126 valence electrons. The van der Waals surface area contributed by atoms with E-state index >= 15 is 0 Å². The van der Waals surface area contributed by atoms with Gasteiger partial charge in [0, 0.05) is 52.2 Å². The van der Waals surface area contributed by atoms with E-state index in [4.69, 9.17) is 0 Å². The molecule has 0 aromatic carbocycles. The third kappa shape index (κ3) is 2.85. The Hall–Kier alpha value is -2.12. The van der Waals surface area contributed by atoms with Crippen molar-refractivity contribution in [3.05, 3.63) is 46.5 Å². The third-order valence-electron chi connectivity index (χ3n) is 4.63. The molecule has 4 heterocycles. The largest absolute Gasteiger partial charge is 0.337 e. The molecule has 0 atom stereocenters. The van der Waals surface area contributed by atoms with E-state index in [1.165, 1.54) is 5.56 Å². The van der Waals surface area contributed by atoms with Crippen LogP contribution in [0.25, 0.3) is 5.65 Å². The number of nitrogens with zero attached hydrogens (tertiary/aromatic N) is 5. The SMILES string of the molecule is Cn1ccn2ncc(C(=O)N3CCCN(Cc4ccsc4)CC3)c12. The van der Waals surface area contributed by atoms with E-state index in [0.717, 1.165) is 44.8 Å². The monoisotopic (exact) mass is 343 g/mol. The predicted octanol–water partition coefficient (Wildman–Crippen LogP) is 2.08. The number of aromatic nitrogens is 3. The van der Waals surface area contributed by atoms with Gasteiger partial charge in [-0.15, -0.1) is 0 Å². The first kappa shape index (κ1) is 15.4. The van der Waals surface area contributed by atoms with Crippen LogP contribution in [0.3, 0.4) is 0 Å². The molecule has 1 saturated heterocycles. The molecule has 3 aromatic heterocycles. The molecule has 3 aromatic rings. The van der Waals surface area contributed by atoms with Crippen LogP contribution in [0.2, 0.25) is 0 Å². The first-order valence-corrected chi connectivity index (χ1v) is 9.18. The van der Waals surface area contributed by atoms with Crippen molar-refractivity contribution in [2.75, 3.05) is 26.2 Å². The number of thiophene rings is 1. The molecule has 0 saturated carbocycles. The highest BCUT2D eigenvalue weighted by Crippen LogP contribution is 2.16. The molecule has 7 heteroatoms. The van der Waals surface area contributed by atoms with Crippen LogP contribution in [0, 0.1) is 0 Å². The Morgan fingerprint density at radius 1 is 1.25 bits per heavy atom. The van der Waals surface area contributed by atoms with E-state index in [1.807, 2.05) is 28.9 Å². The molecule has 0 radical (unpaired) electrons. The zero-order valence-electron chi connectivity index (χ0n) is 13.8. The summed E-state index contributed by atoms with van der Waals surface area (Å²) in [5.41, 5.74) is 2.91. The quantitative estimate of drug-likeness (QED) is 0.731. The molecular formula is C17H21N5OS. The van der Waals surface area contributed by atoms with E-state index in [0.29, 0.717) is 5.56 Å². The highest BCUT2D eigenvalue weighted by molar-refractivity contribution is 7.07. The molecule has 0 bridgehead atoms. The van der Waals surface area contributed by atoms with Gasteiger partial charge in [0.15, 0.2) is 0 Å². The predicted molar refractivity (Wildman–Crippen MR) is 94.3 cm³/mol. The number of carbonyl (C=O) groups is 1. The van der Waals surface area contributed by atoms with Crippen molar-refractivity contribution in [1.29, 1.82) is 0 Å². The number of fused-ring (bicyclic) bond motifs is 1. The Labute approximate surface area is 144 Å². The van der Waals surface area contributed by atoms with Gasteiger partial charge < -0.3 is 9.47 Å². The molecular weight excluding hydrogens is 322 g/mol. The standard InChI is InChI=1S/C17H21N5OS/c1-19-6-9-22-16(19)15(11-18-22)17(23)21-5-2-4-20(7-8-21)12-14-3-10-24-13-14/h3,6,9-11,13H,2,4-5,7-8,12H2,1H3. The Bertz CT molecular complexity index is 835. The Balaban J connectivity index is 1.46. The van der Waals surface area contributed by atoms with Crippen LogP contribution in [0.15, 0.2) is 35.4 Å². The fourth-order valence-corrected chi connectivity index (χ4v) is 4.00. The molecule has 0 N–H and O–H groups in total. The van der Waals surface area contributed by atoms with Crippen LogP contribution in [0.5, 0.6) is 0 Å². The van der Waals surface area contributed by atoms with Crippen LogP contribution in [-0.4, -0.2) is 56.1 Å². The minimum Gasteiger partial charge on any atom is -0.337 e. The maximum Gasteiger partial charge on any atom is 0.259 e. The molecule has 1 aliphatic rings. The van der Waals surface area contributed by atoms with Crippen molar-refractivity contribution in [1.82, 2.24) is 24.0 Å². The average Bonchev–Trinajstić information content (AvgIpc) is 3.26. The molecule has 0 aliphatic carbocycles. The summed E-state index contributed by atoms with van der Waals surface area (Å²) in [6.07, 6.45) is 6.49. The summed E-state index contributed by atoms with van der Waals surface area (Å²) in [6.45, 7) is 4.50. The van der Waals surface area contributed by atoms with Crippen LogP contribution >= 0.6 is 11.3 Å². The zero-order valence-corrected chi connectivity index (χ0v) is 14.6. The zero-order chi connectivity index (χ0) is 16.5. The van der Waals surface area contributed by atoms with Gasteiger partial charge >= 0.3 is 0 Å². The molecule has 24 heavy (non-hydrogen) atoms. The van der Waals surface area contributed by atoms with Gasteiger partial charge in [-0.2, -0.15) is 16.4 Å². The number of hydrogen-bond acceptors (Lipinski definition) is 4. The third-order valence-corrected chi connectivity index (χ3v) is 5.36. The maximum absolute atomic E-state index is 12.9. The lowest BCUT2D eigenvalue weighted by molar-refractivity contribution is 0.0762. The number of aryl methyl sites for hydroxylation is 1. The van der Waals surface area contributed by atoms with Gasteiger partial charge in [-0.1, -0.05) is 0 Å². The van der Waals surface area contributed by atoms with Gasteiger partial charge in [-0.25, -0.2) is 4.52 Å². The van der Waals surface area contributed by atoms with Gasteiger partial charge in [-0.05, 0) is 28.8 Å². The molecule has 0 unspecified atom stereocenters. The average molecular weight is 343 g/mol. The van der Waals surface area contributed by atoms with E-state index < -0.39 is 0 Å². The van der Waals surface area contributed by atoms with Gasteiger partial charge in [-0.3, -0.25) is 9.69 Å². The Morgan fingerprint density at radius 3 is 3.00 bits per heavy atom. The summed E-state index contributed by atoms with van der Waals surface area (Å²) in [5, 5.41) is 8.60. The molecule has 1 aliphatic heterocycles. The van der Waals surface area contributed by atoms with E-state index in [2.05, 4.69) is 26.8 Å². The Morgan fingerprint density at radius 2 is 2.17 bits per heavy atom. The molecule has 1 fully saturated rings. The van der Waals surface area contributed by atoms with Crippen LogP contribution < -0.4 is 0 Å². The first-order valence-electron chi connectivity index (χ1n) is 8.24. The number of rotatable bonds is 3. The lowest BCUT2D eigenvalue weighted by atomic mass is 10.2. The topological polar surface area (TPSA) is 45.8 Å². The minimum atomic E-state index is 0.0872. The minimum absolute atomic E-state index is 0.0872. The Kier molecular flexibility index (Phi) is 4.12. The van der Waals surface area contributed by atoms with E-state index in [1.54, 1.807) is 22.0 Å². The van der Waals surface area contributed by atoms with Crippen molar-refractivity contribution >= 4 is 22.9 Å². The molecule has 1 amide bonds. The van der Waals surface area contributed by atoms with Crippen molar-refractivity contribution < 1.29 is 4.79 Å². The lowest BCUT2D eigenvalue weighted by Gasteiger charge is -2.21. The number of hydrogen-bond donors (Lipinski definition) is 0. The summed E-state index contributed by atoms with van der Waals surface area (Å²) in [4.78, 5) is 17.3. The summed E-state index contributed by atoms with van der Waals surface area (Å²) in [5.74, 6) is 0.0872. The van der Waals surface area contributed by atoms with Crippen molar-refractivity contribution in [2.24, 2.45) is 7.05 Å². The van der Waals surface area contributed by atoms with Crippen molar-refractivity contribution in [2.45, 2.75) is 13.0 Å². The maximum atomic E-state index is 12.9. The summed E-state index contributed by atoms with van der Waals surface area (Å²) in [7, 11) is 1.94. The van der Waals surface area contributed by atoms with E-state index in [9.17, 15) is 4.79 Å². The first-order chi connectivity index (χ1) is 11.7. The smallest absolute Gasteiger partial charge is 0.259 e. The number of carbonyl (C=O) groups excluding carboxylic acids is 1. The van der Waals surface area contributed by atoms with Gasteiger partial charge in [0.25, 0.3) is 5.91 Å². The number of imidazole rings is 1. The fraction of sp³-hybridized carbons (Fsp3) is 0.412.